The van der Waals surface area contributed by atoms with Crippen molar-refractivity contribution in [1.82, 2.24) is 30.7 Å². The molecule has 0 aliphatic rings. The van der Waals surface area contributed by atoms with Crippen molar-refractivity contribution in [3.8, 4) is 0 Å². The van der Waals surface area contributed by atoms with Crippen LogP contribution in [0.15, 0.2) is 17.0 Å². The van der Waals surface area contributed by atoms with Crippen molar-refractivity contribution in [3.63, 3.8) is 0 Å². The minimum absolute atomic E-state index is 0.106. The van der Waals surface area contributed by atoms with Crippen LogP contribution in [-0.4, -0.2) is 54.5 Å². The van der Waals surface area contributed by atoms with Crippen LogP contribution in [0.3, 0.4) is 0 Å². The Balaban J connectivity index is 1.84. The van der Waals surface area contributed by atoms with Crippen molar-refractivity contribution in [1.29, 1.82) is 0 Å². The minimum atomic E-state index is -1.43. The molecular formula is C13H19N7O5. The summed E-state index contributed by atoms with van der Waals surface area (Å²) in [6, 6.07) is -2.74. The number of H-pyrrole nitrogens is 1. The first kappa shape index (κ1) is 18.4. The number of aromatic nitrogens is 4. The summed E-state index contributed by atoms with van der Waals surface area (Å²) >= 11 is 0. The van der Waals surface area contributed by atoms with Crippen LogP contribution in [0.25, 0.3) is 0 Å². The zero-order chi connectivity index (χ0) is 18.4. The number of nitrogens with zero attached hydrogens (tertiary/aromatic N) is 3. The topological polar surface area (TPSA) is 192 Å². The van der Waals surface area contributed by atoms with Gasteiger partial charge in [-0.2, -0.15) is 4.98 Å². The molecule has 0 fully saturated rings. The Morgan fingerprint density at radius 3 is 2.84 bits per heavy atom. The van der Waals surface area contributed by atoms with Gasteiger partial charge in [-0.25, -0.2) is 14.6 Å². The molecule has 3 unspecified atom stereocenters. The van der Waals surface area contributed by atoms with Crippen LogP contribution in [0.4, 0.5) is 4.79 Å². The number of aromatic amines is 1. The highest BCUT2D eigenvalue weighted by atomic mass is 16.5. The van der Waals surface area contributed by atoms with Gasteiger partial charge in [0.15, 0.2) is 11.9 Å². The Hall–Kier alpha value is -2.99. The summed E-state index contributed by atoms with van der Waals surface area (Å²) in [4.78, 5) is 33.4. The molecule has 0 radical (unpaired) electrons. The molecule has 0 spiro atoms. The summed E-state index contributed by atoms with van der Waals surface area (Å²) in [6.07, 6.45) is 2.35. The summed E-state index contributed by atoms with van der Waals surface area (Å²) in [7, 11) is 0. The number of nitrogens with two attached hydrogens (primary N) is 1. The first-order valence-corrected chi connectivity index (χ1v) is 7.37. The highest BCUT2D eigenvalue weighted by Crippen LogP contribution is 2.11. The molecule has 2 rings (SSSR count). The van der Waals surface area contributed by atoms with Gasteiger partial charge in [-0.1, -0.05) is 5.16 Å². The molecule has 0 bridgehead atoms. The van der Waals surface area contributed by atoms with Crippen molar-refractivity contribution in [2.75, 3.05) is 0 Å². The van der Waals surface area contributed by atoms with Crippen molar-refractivity contribution in [3.05, 3.63) is 29.9 Å². The molecule has 7 N–H and O–H groups in total. The maximum absolute atomic E-state index is 11.7. The van der Waals surface area contributed by atoms with E-state index >= 15 is 0 Å². The van der Waals surface area contributed by atoms with Gasteiger partial charge in [0.1, 0.15) is 0 Å². The lowest BCUT2D eigenvalue weighted by molar-refractivity contribution is -0.141. The van der Waals surface area contributed by atoms with Gasteiger partial charge in [-0.3, -0.25) is 0 Å². The number of hydrogen-bond acceptors (Lipinski definition) is 8. The minimum Gasteiger partial charge on any atom is -0.480 e. The first-order valence-electron chi connectivity index (χ1n) is 7.37. The Kier molecular flexibility index (Phi) is 6.03. The van der Waals surface area contributed by atoms with Gasteiger partial charge in [0.2, 0.25) is 5.89 Å². The van der Waals surface area contributed by atoms with E-state index in [4.69, 9.17) is 15.4 Å². The Morgan fingerprint density at radius 1 is 1.48 bits per heavy atom. The zero-order valence-corrected chi connectivity index (χ0v) is 13.3. The van der Waals surface area contributed by atoms with Crippen LogP contribution < -0.4 is 16.4 Å². The van der Waals surface area contributed by atoms with Crippen LogP contribution in [0.5, 0.6) is 0 Å². The second-order valence-corrected chi connectivity index (χ2v) is 5.32. The molecule has 0 saturated heterocycles. The largest absolute Gasteiger partial charge is 0.480 e. The molecule has 0 aliphatic heterocycles. The summed E-state index contributed by atoms with van der Waals surface area (Å²) < 4.78 is 4.98. The molecule has 2 aromatic heterocycles. The number of aliphatic carboxylic acids is 1. The summed E-state index contributed by atoms with van der Waals surface area (Å²) in [5, 5.41) is 26.4. The second kappa shape index (κ2) is 8.21. The fraction of sp³-hybridized carbons (Fsp3) is 0.462. The fourth-order valence-electron chi connectivity index (χ4n) is 1.95. The van der Waals surface area contributed by atoms with E-state index in [1.54, 1.807) is 6.20 Å². The SMILES string of the molecule is CC(O)C(NC(=O)NCc1nc(C(N)Cc2cnc[nH]2)no1)C(=O)O. The molecule has 0 saturated carbocycles. The second-order valence-electron chi connectivity index (χ2n) is 5.32. The normalized spacial score (nSPS) is 14.5. The van der Waals surface area contributed by atoms with E-state index in [2.05, 4.69) is 30.7 Å². The third kappa shape index (κ3) is 5.26. The number of aliphatic hydroxyl groups is 1. The number of nitrogens with one attached hydrogen (secondary N) is 3. The highest BCUT2D eigenvalue weighted by Gasteiger charge is 2.25. The lowest BCUT2D eigenvalue weighted by Gasteiger charge is -2.16. The predicted molar refractivity (Wildman–Crippen MR) is 82.0 cm³/mol. The van der Waals surface area contributed by atoms with Gasteiger partial charge in [-0.05, 0) is 6.92 Å². The highest BCUT2D eigenvalue weighted by molar-refractivity contribution is 5.82. The van der Waals surface area contributed by atoms with Crippen molar-refractivity contribution in [2.24, 2.45) is 5.73 Å². The first-order chi connectivity index (χ1) is 11.9. The molecular weight excluding hydrogens is 334 g/mol. The van der Waals surface area contributed by atoms with Crippen molar-refractivity contribution >= 4 is 12.0 Å². The van der Waals surface area contributed by atoms with Crippen molar-refractivity contribution < 1.29 is 24.3 Å². The van der Waals surface area contributed by atoms with Crippen LogP contribution in [-0.2, 0) is 17.8 Å². The molecule has 136 valence electrons. The molecule has 2 aromatic rings. The van der Waals surface area contributed by atoms with Gasteiger partial charge in [-0.15, -0.1) is 0 Å². The third-order valence-electron chi connectivity index (χ3n) is 3.25. The van der Waals surface area contributed by atoms with Crippen LogP contribution in [0.2, 0.25) is 0 Å². The van der Waals surface area contributed by atoms with Crippen LogP contribution >= 0.6 is 0 Å². The maximum atomic E-state index is 11.7. The number of imidazole rings is 1. The predicted octanol–water partition coefficient (Wildman–Crippen LogP) is -1.33. The molecule has 0 aromatic carbocycles. The van der Waals surface area contributed by atoms with E-state index in [-0.39, 0.29) is 18.3 Å². The standard InChI is InChI=1S/C13H19N7O5/c1-6(21)10(12(22)23)19-13(24)16-4-9-18-11(20-25-9)8(14)2-7-3-15-5-17-7/h3,5-6,8,10,21H,2,4,14H2,1H3,(H,15,17)(H,22,23)(H2,16,19,24). The van der Waals surface area contributed by atoms with E-state index in [0.29, 0.717) is 6.42 Å². The lowest BCUT2D eigenvalue weighted by atomic mass is 10.2. The molecule has 12 heteroatoms. The van der Waals surface area contributed by atoms with Crippen LogP contribution in [0.1, 0.15) is 30.4 Å². The number of carboxylic acid groups (broad SMARTS) is 1. The van der Waals surface area contributed by atoms with E-state index in [0.717, 1.165) is 5.69 Å². The van der Waals surface area contributed by atoms with E-state index in [1.165, 1.54) is 13.3 Å². The number of amides is 2. The van der Waals surface area contributed by atoms with E-state index < -0.39 is 30.2 Å². The number of carbonyl (C=O) groups is 2. The Bertz CT molecular complexity index is 699. The molecule has 0 aliphatic carbocycles. The van der Waals surface area contributed by atoms with Gasteiger partial charge in [0.25, 0.3) is 0 Å². The molecule has 3 atom stereocenters. The summed E-state index contributed by atoms with van der Waals surface area (Å²) in [5.74, 6) is -0.983. The van der Waals surface area contributed by atoms with Crippen molar-refractivity contribution in [2.45, 2.75) is 38.1 Å². The van der Waals surface area contributed by atoms with Gasteiger partial charge >= 0.3 is 12.0 Å². The summed E-state index contributed by atoms with van der Waals surface area (Å²) in [5.41, 5.74) is 6.78. The molecule has 2 heterocycles. The van der Waals surface area contributed by atoms with E-state index in [9.17, 15) is 14.7 Å². The van der Waals surface area contributed by atoms with Gasteiger partial charge in [0.05, 0.1) is 25.0 Å². The Morgan fingerprint density at radius 2 is 2.24 bits per heavy atom. The molecule has 25 heavy (non-hydrogen) atoms. The summed E-state index contributed by atoms with van der Waals surface area (Å²) in [6.45, 7) is 1.13. The number of urea groups is 1. The lowest BCUT2D eigenvalue weighted by Crippen LogP contribution is -2.51. The number of hydrogen-bond donors (Lipinski definition) is 6. The monoisotopic (exact) mass is 353 g/mol. The number of carboxylic acids is 1. The van der Waals surface area contributed by atoms with Gasteiger partial charge < -0.3 is 36.1 Å². The molecule has 2 amide bonds. The fourth-order valence-corrected chi connectivity index (χ4v) is 1.95. The Labute approximate surface area is 141 Å². The number of carbonyl (C=O) groups excluding carboxylic acids is 1. The van der Waals surface area contributed by atoms with Crippen LogP contribution in [0, 0.1) is 0 Å². The average molecular weight is 353 g/mol. The number of aliphatic hydroxyl groups excluding tert-OH is 1. The maximum Gasteiger partial charge on any atom is 0.328 e. The van der Waals surface area contributed by atoms with Gasteiger partial charge in [0, 0.05) is 18.3 Å². The average Bonchev–Trinajstić information content (AvgIpc) is 3.21. The smallest absolute Gasteiger partial charge is 0.328 e. The number of rotatable bonds is 8. The zero-order valence-electron chi connectivity index (χ0n) is 13.3. The third-order valence-corrected chi connectivity index (χ3v) is 3.25. The quantitative estimate of drug-likeness (QED) is 0.333. The van der Waals surface area contributed by atoms with E-state index in [1.807, 2.05) is 0 Å². The molecule has 12 nitrogen and oxygen atoms in total.